The molecule has 0 spiro atoms. The number of carbonyl (C=O) groups is 1. The number of aromatic nitrogens is 1. The molecular formula is C15H15ClN2O2S. The molecule has 3 rings (SSSR count). The first-order valence-electron chi connectivity index (χ1n) is 6.72. The molecule has 0 fully saturated rings. The van der Waals surface area contributed by atoms with Crippen molar-refractivity contribution in [3.8, 4) is 0 Å². The van der Waals surface area contributed by atoms with Crippen molar-refractivity contribution in [2.45, 2.75) is 25.3 Å². The molecular weight excluding hydrogens is 308 g/mol. The number of rotatable bonds is 4. The monoisotopic (exact) mass is 322 g/mol. The molecule has 0 aliphatic heterocycles. The number of carboxylic acid groups (broad SMARTS) is 1. The number of anilines is 1. The summed E-state index contributed by atoms with van der Waals surface area (Å²) in [7, 11) is 1.97. The zero-order valence-corrected chi connectivity index (χ0v) is 13.1. The van der Waals surface area contributed by atoms with E-state index < -0.39 is 11.9 Å². The number of fused-ring (bicyclic) bond motifs is 1. The number of aryl methyl sites for hydroxylation is 1. The van der Waals surface area contributed by atoms with Crippen LogP contribution in [-0.2, 0) is 17.8 Å². The van der Waals surface area contributed by atoms with Crippen molar-refractivity contribution in [1.82, 2.24) is 4.98 Å². The number of carboxylic acids is 1. The summed E-state index contributed by atoms with van der Waals surface area (Å²) >= 11 is 7.48. The molecule has 1 atom stereocenters. The molecule has 1 aromatic heterocycles. The Bertz CT molecular complexity index is 669. The first-order valence-corrected chi connectivity index (χ1v) is 7.92. The van der Waals surface area contributed by atoms with Gasteiger partial charge in [0.1, 0.15) is 5.92 Å². The Morgan fingerprint density at radius 2 is 2.19 bits per heavy atom. The summed E-state index contributed by atoms with van der Waals surface area (Å²) in [6, 6.07) is 7.71. The van der Waals surface area contributed by atoms with Gasteiger partial charge in [0.25, 0.3) is 0 Å². The van der Waals surface area contributed by atoms with Crippen LogP contribution in [-0.4, -0.2) is 23.1 Å². The third-order valence-corrected chi connectivity index (χ3v) is 5.16. The smallest absolute Gasteiger partial charge is 0.312 e. The van der Waals surface area contributed by atoms with Gasteiger partial charge in [0, 0.05) is 23.5 Å². The van der Waals surface area contributed by atoms with Gasteiger partial charge in [-0.05, 0) is 30.5 Å². The highest BCUT2D eigenvalue weighted by molar-refractivity contribution is 7.15. The van der Waals surface area contributed by atoms with E-state index in [0.717, 1.165) is 39.3 Å². The molecule has 1 aliphatic carbocycles. The van der Waals surface area contributed by atoms with Crippen molar-refractivity contribution in [2.24, 2.45) is 0 Å². The van der Waals surface area contributed by atoms with Crippen molar-refractivity contribution < 1.29 is 9.90 Å². The van der Waals surface area contributed by atoms with Gasteiger partial charge in [-0.3, -0.25) is 4.79 Å². The Kier molecular flexibility index (Phi) is 3.87. The van der Waals surface area contributed by atoms with E-state index in [-0.39, 0.29) is 0 Å². The minimum atomic E-state index is -0.772. The molecule has 1 aromatic carbocycles. The van der Waals surface area contributed by atoms with Gasteiger partial charge >= 0.3 is 5.97 Å². The quantitative estimate of drug-likeness (QED) is 0.935. The maximum absolute atomic E-state index is 11.2. The van der Waals surface area contributed by atoms with Crippen LogP contribution in [0.5, 0.6) is 0 Å². The minimum absolute atomic E-state index is 0.436. The molecule has 0 saturated heterocycles. The molecule has 0 bridgehead atoms. The van der Waals surface area contributed by atoms with Gasteiger partial charge in [0.15, 0.2) is 5.13 Å². The summed E-state index contributed by atoms with van der Waals surface area (Å²) in [6.45, 7) is 0.724. The molecule has 0 amide bonds. The lowest BCUT2D eigenvalue weighted by Crippen LogP contribution is -2.16. The van der Waals surface area contributed by atoms with Gasteiger partial charge in [-0.1, -0.05) is 23.7 Å². The Hall–Kier alpha value is -1.59. The fourth-order valence-electron chi connectivity index (χ4n) is 2.55. The van der Waals surface area contributed by atoms with Gasteiger partial charge in [-0.25, -0.2) is 4.98 Å². The minimum Gasteiger partial charge on any atom is -0.481 e. The number of hydrogen-bond donors (Lipinski definition) is 1. The number of thiazole rings is 1. The number of nitrogens with zero attached hydrogens (tertiary/aromatic N) is 2. The molecule has 2 aromatic rings. The van der Waals surface area contributed by atoms with E-state index >= 15 is 0 Å². The second-order valence-electron chi connectivity index (χ2n) is 5.22. The summed E-state index contributed by atoms with van der Waals surface area (Å²) < 4.78 is 0. The third kappa shape index (κ3) is 2.89. The number of hydrogen-bond acceptors (Lipinski definition) is 4. The highest BCUT2D eigenvalue weighted by Crippen LogP contribution is 2.39. The Balaban J connectivity index is 1.77. The maximum Gasteiger partial charge on any atom is 0.312 e. The average Bonchev–Trinajstić information content (AvgIpc) is 3.00. The van der Waals surface area contributed by atoms with Gasteiger partial charge in [0.05, 0.1) is 5.69 Å². The summed E-state index contributed by atoms with van der Waals surface area (Å²) in [5, 5.41) is 10.8. The van der Waals surface area contributed by atoms with Crippen molar-refractivity contribution in [3.05, 3.63) is 45.4 Å². The molecule has 1 aliphatic rings. The van der Waals surface area contributed by atoms with Crippen LogP contribution >= 0.6 is 22.9 Å². The molecule has 1 heterocycles. The molecule has 0 saturated carbocycles. The maximum atomic E-state index is 11.2. The lowest BCUT2D eigenvalue weighted by molar-refractivity contribution is -0.138. The number of aliphatic carboxylic acids is 1. The van der Waals surface area contributed by atoms with Crippen molar-refractivity contribution in [2.75, 3.05) is 11.9 Å². The van der Waals surface area contributed by atoms with Crippen molar-refractivity contribution in [1.29, 1.82) is 0 Å². The van der Waals surface area contributed by atoms with Gasteiger partial charge in [-0.15, -0.1) is 11.3 Å². The van der Waals surface area contributed by atoms with E-state index in [9.17, 15) is 9.90 Å². The normalized spacial score (nSPS) is 16.8. The predicted molar refractivity (Wildman–Crippen MR) is 84.4 cm³/mol. The van der Waals surface area contributed by atoms with E-state index in [1.54, 1.807) is 11.3 Å². The Labute approximate surface area is 132 Å². The molecule has 110 valence electrons. The lowest BCUT2D eigenvalue weighted by atomic mass is 10.1. The van der Waals surface area contributed by atoms with Gasteiger partial charge in [-0.2, -0.15) is 0 Å². The van der Waals surface area contributed by atoms with Crippen molar-refractivity contribution in [3.63, 3.8) is 0 Å². The van der Waals surface area contributed by atoms with Crippen LogP contribution in [0, 0.1) is 0 Å². The summed E-state index contributed by atoms with van der Waals surface area (Å²) in [4.78, 5) is 18.9. The van der Waals surface area contributed by atoms with E-state index in [2.05, 4.69) is 4.98 Å². The largest absolute Gasteiger partial charge is 0.481 e. The van der Waals surface area contributed by atoms with Crippen LogP contribution in [0.25, 0.3) is 0 Å². The van der Waals surface area contributed by atoms with Crippen molar-refractivity contribution >= 4 is 34.0 Å². The van der Waals surface area contributed by atoms with E-state index in [4.69, 9.17) is 11.6 Å². The second-order valence-corrected chi connectivity index (χ2v) is 6.72. The number of benzene rings is 1. The lowest BCUT2D eigenvalue weighted by Gasteiger charge is -2.16. The third-order valence-electron chi connectivity index (χ3n) is 3.66. The summed E-state index contributed by atoms with van der Waals surface area (Å²) in [6.07, 6.45) is 1.49. The molecule has 1 N–H and O–H groups in total. The average molecular weight is 323 g/mol. The van der Waals surface area contributed by atoms with Crippen LogP contribution in [0.4, 0.5) is 5.13 Å². The molecule has 4 nitrogen and oxygen atoms in total. The van der Waals surface area contributed by atoms with E-state index in [0.29, 0.717) is 6.42 Å². The zero-order chi connectivity index (χ0) is 15.0. The highest BCUT2D eigenvalue weighted by Gasteiger charge is 2.32. The molecule has 21 heavy (non-hydrogen) atoms. The van der Waals surface area contributed by atoms with Gasteiger partial charge < -0.3 is 10.0 Å². The topological polar surface area (TPSA) is 53.4 Å². The standard InChI is InChI=1S/C15H15ClN2O2S/c1-18(8-9-2-4-10(16)5-3-9)15-17-13-11(14(19)20)6-7-12(13)21-15/h2-5,11H,6-8H2,1H3,(H,19,20). The molecule has 0 radical (unpaired) electrons. The van der Waals surface area contributed by atoms with Crippen LogP contribution in [0.15, 0.2) is 24.3 Å². The van der Waals surface area contributed by atoms with E-state index in [1.807, 2.05) is 36.2 Å². The second kappa shape index (κ2) is 5.66. The molecule has 6 heteroatoms. The predicted octanol–water partition coefficient (Wildman–Crippen LogP) is 3.55. The van der Waals surface area contributed by atoms with Crippen LogP contribution < -0.4 is 4.90 Å². The fourth-order valence-corrected chi connectivity index (χ4v) is 3.77. The van der Waals surface area contributed by atoms with E-state index in [1.165, 1.54) is 0 Å². The summed E-state index contributed by atoms with van der Waals surface area (Å²) in [5.74, 6) is -1.21. The van der Waals surface area contributed by atoms with Gasteiger partial charge in [0.2, 0.25) is 0 Å². The number of halogens is 1. The highest BCUT2D eigenvalue weighted by atomic mass is 35.5. The summed E-state index contributed by atoms with van der Waals surface area (Å²) in [5.41, 5.74) is 1.90. The SMILES string of the molecule is CN(Cc1ccc(Cl)cc1)c1nc2c(s1)CCC2C(=O)O. The Morgan fingerprint density at radius 1 is 1.48 bits per heavy atom. The fraction of sp³-hybridized carbons (Fsp3) is 0.333. The zero-order valence-electron chi connectivity index (χ0n) is 11.5. The van der Waals surface area contributed by atoms with Crippen LogP contribution in [0.3, 0.4) is 0 Å². The molecule has 1 unspecified atom stereocenters. The first kappa shape index (κ1) is 14.4. The first-order chi connectivity index (χ1) is 10.0. The van der Waals surface area contributed by atoms with Crippen LogP contribution in [0.1, 0.15) is 28.5 Å². The Morgan fingerprint density at radius 3 is 2.86 bits per heavy atom. The van der Waals surface area contributed by atoms with Crippen LogP contribution in [0.2, 0.25) is 5.02 Å².